The highest BCUT2D eigenvalue weighted by atomic mass is 16.3. The number of hydrogen-bond acceptors (Lipinski definition) is 2. The number of amides is 1. The highest BCUT2D eigenvalue weighted by Crippen LogP contribution is 2.28. The third-order valence-electron chi connectivity index (χ3n) is 4.59. The molecule has 2 unspecified atom stereocenters. The molecule has 1 aliphatic heterocycles. The second kappa shape index (κ2) is 6.55. The molecule has 0 aromatic rings. The molecule has 1 aliphatic carbocycles. The van der Waals surface area contributed by atoms with Crippen molar-refractivity contribution in [2.45, 2.75) is 64.4 Å². The molecule has 0 spiro atoms. The second-order valence-electron chi connectivity index (χ2n) is 6.12. The fourth-order valence-electron chi connectivity index (χ4n) is 3.53. The summed E-state index contributed by atoms with van der Waals surface area (Å²) in [5.41, 5.74) is 0. The predicted octanol–water partition coefficient (Wildman–Crippen LogP) is 2.58. The lowest BCUT2D eigenvalue weighted by molar-refractivity contribution is -0.129. The van der Waals surface area contributed by atoms with Crippen LogP contribution in [0.15, 0.2) is 0 Å². The molecule has 104 valence electrons. The van der Waals surface area contributed by atoms with Gasteiger partial charge in [0.2, 0.25) is 5.91 Å². The van der Waals surface area contributed by atoms with Crippen LogP contribution in [0.3, 0.4) is 0 Å². The molecule has 1 N–H and O–H groups in total. The van der Waals surface area contributed by atoms with Crippen LogP contribution in [-0.4, -0.2) is 35.1 Å². The van der Waals surface area contributed by atoms with Gasteiger partial charge < -0.3 is 10.0 Å². The summed E-state index contributed by atoms with van der Waals surface area (Å²) >= 11 is 0. The average molecular weight is 253 g/mol. The first-order chi connectivity index (χ1) is 8.70. The van der Waals surface area contributed by atoms with Crippen molar-refractivity contribution in [3.8, 4) is 0 Å². The number of aliphatic hydroxyl groups is 1. The molecule has 0 radical (unpaired) electrons. The van der Waals surface area contributed by atoms with Crippen molar-refractivity contribution in [1.29, 1.82) is 0 Å². The van der Waals surface area contributed by atoms with Crippen LogP contribution in [0.2, 0.25) is 0 Å². The van der Waals surface area contributed by atoms with Gasteiger partial charge in [0.1, 0.15) is 0 Å². The van der Waals surface area contributed by atoms with Crippen molar-refractivity contribution in [3.05, 3.63) is 0 Å². The van der Waals surface area contributed by atoms with Gasteiger partial charge in [-0.3, -0.25) is 4.79 Å². The quantitative estimate of drug-likeness (QED) is 0.818. The Bertz CT molecular complexity index is 274. The summed E-state index contributed by atoms with van der Waals surface area (Å²) in [6, 6.07) is 0. The van der Waals surface area contributed by atoms with E-state index in [1.54, 1.807) is 0 Å². The number of aliphatic hydroxyl groups excluding tert-OH is 1. The average Bonchev–Trinajstić information content (AvgIpc) is 2.71. The zero-order chi connectivity index (χ0) is 13.0. The predicted molar refractivity (Wildman–Crippen MR) is 72.2 cm³/mol. The molecule has 1 amide bonds. The van der Waals surface area contributed by atoms with Crippen molar-refractivity contribution in [3.63, 3.8) is 0 Å². The van der Waals surface area contributed by atoms with Gasteiger partial charge in [-0.2, -0.15) is 0 Å². The summed E-state index contributed by atoms with van der Waals surface area (Å²) in [6.45, 7) is 3.62. The molecule has 18 heavy (non-hydrogen) atoms. The van der Waals surface area contributed by atoms with Crippen LogP contribution < -0.4 is 0 Å². The summed E-state index contributed by atoms with van der Waals surface area (Å²) in [7, 11) is 0. The smallest absolute Gasteiger partial charge is 0.223 e. The summed E-state index contributed by atoms with van der Waals surface area (Å²) in [6.07, 6.45) is 8.77. The topological polar surface area (TPSA) is 40.5 Å². The largest absolute Gasteiger partial charge is 0.391 e. The molecule has 1 saturated carbocycles. The third kappa shape index (κ3) is 3.47. The van der Waals surface area contributed by atoms with Crippen molar-refractivity contribution >= 4 is 5.91 Å². The minimum atomic E-state index is -0.297. The fourth-order valence-corrected chi connectivity index (χ4v) is 3.53. The van der Waals surface area contributed by atoms with E-state index in [9.17, 15) is 9.90 Å². The molecule has 0 aromatic carbocycles. The molecule has 1 heterocycles. The van der Waals surface area contributed by atoms with Gasteiger partial charge in [0.05, 0.1) is 6.10 Å². The first-order valence-corrected chi connectivity index (χ1v) is 7.66. The normalized spacial score (nSPS) is 27.8. The van der Waals surface area contributed by atoms with E-state index in [2.05, 4.69) is 6.92 Å². The van der Waals surface area contributed by atoms with Crippen LogP contribution >= 0.6 is 0 Å². The molecule has 2 rings (SSSR count). The lowest BCUT2D eigenvalue weighted by atomic mass is 9.85. The van der Waals surface area contributed by atoms with Crippen molar-refractivity contribution in [2.24, 2.45) is 11.8 Å². The lowest BCUT2D eigenvalue weighted by Crippen LogP contribution is -2.38. The molecule has 2 fully saturated rings. The molecule has 2 atom stereocenters. The number of carbonyl (C=O) groups excluding carboxylic acids is 1. The molecular formula is C15H27NO2. The lowest BCUT2D eigenvalue weighted by Gasteiger charge is -2.29. The number of β-amino-alcohol motifs (C(OH)–C–C–N with tert-alkyl or cyclic N) is 1. The Balaban J connectivity index is 1.79. The first-order valence-electron chi connectivity index (χ1n) is 7.66. The molecule has 3 nitrogen and oxygen atoms in total. The molecule has 0 aromatic heterocycles. The van der Waals surface area contributed by atoms with Gasteiger partial charge in [-0.05, 0) is 31.1 Å². The van der Waals surface area contributed by atoms with Crippen molar-refractivity contribution in [1.82, 2.24) is 4.90 Å². The Morgan fingerprint density at radius 3 is 2.72 bits per heavy atom. The van der Waals surface area contributed by atoms with Crippen LogP contribution in [-0.2, 0) is 4.79 Å². The van der Waals surface area contributed by atoms with E-state index in [1.807, 2.05) is 4.90 Å². The summed E-state index contributed by atoms with van der Waals surface area (Å²) in [4.78, 5) is 13.8. The van der Waals surface area contributed by atoms with Crippen LogP contribution in [0.1, 0.15) is 58.3 Å². The van der Waals surface area contributed by atoms with Gasteiger partial charge in [0, 0.05) is 19.5 Å². The second-order valence-corrected chi connectivity index (χ2v) is 6.12. The fraction of sp³-hybridized carbons (Fsp3) is 0.933. The molecule has 1 saturated heterocycles. The van der Waals surface area contributed by atoms with Gasteiger partial charge in [-0.1, -0.05) is 32.6 Å². The maximum absolute atomic E-state index is 11.9. The Morgan fingerprint density at radius 2 is 2.06 bits per heavy atom. The molecule has 2 aliphatic rings. The number of carbonyl (C=O) groups is 1. The van der Waals surface area contributed by atoms with Gasteiger partial charge in [-0.25, -0.2) is 0 Å². The Hall–Kier alpha value is -0.570. The Labute approximate surface area is 111 Å². The van der Waals surface area contributed by atoms with E-state index in [0.29, 0.717) is 24.8 Å². The number of hydrogen-bond donors (Lipinski definition) is 1. The summed E-state index contributed by atoms with van der Waals surface area (Å²) in [5.74, 6) is 1.21. The van der Waals surface area contributed by atoms with Gasteiger partial charge >= 0.3 is 0 Å². The van der Waals surface area contributed by atoms with Gasteiger partial charge in [0.15, 0.2) is 0 Å². The minimum Gasteiger partial charge on any atom is -0.391 e. The summed E-state index contributed by atoms with van der Waals surface area (Å²) in [5, 5.41) is 10.3. The summed E-state index contributed by atoms with van der Waals surface area (Å²) < 4.78 is 0. The standard InChI is InChI=1S/C15H27NO2/c1-2-6-12-9-15(18)16(10-12)11-14(17)13-7-4-3-5-8-13/h12-14,17H,2-11H2,1H3. The number of nitrogens with zero attached hydrogens (tertiary/aromatic N) is 1. The van der Waals surface area contributed by atoms with Crippen LogP contribution in [0.4, 0.5) is 0 Å². The zero-order valence-electron chi connectivity index (χ0n) is 11.6. The van der Waals surface area contributed by atoms with Gasteiger partial charge in [-0.15, -0.1) is 0 Å². The zero-order valence-corrected chi connectivity index (χ0v) is 11.6. The van der Waals surface area contributed by atoms with E-state index in [0.717, 1.165) is 32.2 Å². The SMILES string of the molecule is CCCC1CC(=O)N(CC(O)C2CCCCC2)C1. The first kappa shape index (κ1) is 13.9. The Kier molecular flexibility index (Phi) is 5.04. The van der Waals surface area contributed by atoms with Crippen molar-refractivity contribution < 1.29 is 9.90 Å². The van der Waals surface area contributed by atoms with Crippen LogP contribution in [0.25, 0.3) is 0 Å². The number of rotatable bonds is 5. The van der Waals surface area contributed by atoms with E-state index < -0.39 is 0 Å². The molecule has 0 bridgehead atoms. The highest BCUT2D eigenvalue weighted by molar-refractivity contribution is 5.78. The Morgan fingerprint density at radius 1 is 1.33 bits per heavy atom. The van der Waals surface area contributed by atoms with E-state index in [4.69, 9.17) is 0 Å². The van der Waals surface area contributed by atoms with E-state index in [-0.39, 0.29) is 12.0 Å². The number of likely N-dealkylation sites (tertiary alicyclic amines) is 1. The van der Waals surface area contributed by atoms with E-state index in [1.165, 1.54) is 19.3 Å². The maximum Gasteiger partial charge on any atom is 0.223 e. The van der Waals surface area contributed by atoms with Gasteiger partial charge in [0.25, 0.3) is 0 Å². The highest BCUT2D eigenvalue weighted by Gasteiger charge is 2.32. The van der Waals surface area contributed by atoms with Crippen molar-refractivity contribution in [2.75, 3.05) is 13.1 Å². The van der Waals surface area contributed by atoms with Crippen LogP contribution in [0.5, 0.6) is 0 Å². The maximum atomic E-state index is 11.9. The third-order valence-corrected chi connectivity index (χ3v) is 4.59. The molecule has 3 heteroatoms. The van der Waals surface area contributed by atoms with Crippen LogP contribution in [0, 0.1) is 11.8 Å². The molecular weight excluding hydrogens is 226 g/mol. The minimum absolute atomic E-state index is 0.253. The monoisotopic (exact) mass is 253 g/mol. The van der Waals surface area contributed by atoms with E-state index >= 15 is 0 Å².